The highest BCUT2D eigenvalue weighted by molar-refractivity contribution is 9.10. The first-order chi connectivity index (χ1) is 5.93. The van der Waals surface area contributed by atoms with Crippen molar-refractivity contribution < 1.29 is 9.90 Å². The molecule has 0 fully saturated rings. The Bertz CT molecular complexity index is 187. The fraction of sp³-hybridized carbons (Fsp3) is 0.667. The molecule has 76 valence electrons. The van der Waals surface area contributed by atoms with E-state index in [-0.39, 0.29) is 12.5 Å². The summed E-state index contributed by atoms with van der Waals surface area (Å²) in [6.45, 7) is 7.91. The average molecular weight is 250 g/mol. The van der Waals surface area contributed by atoms with Gasteiger partial charge in [0.2, 0.25) is 5.91 Å². The van der Waals surface area contributed by atoms with Crippen LogP contribution in [0.15, 0.2) is 12.7 Å². The van der Waals surface area contributed by atoms with Crippen LogP contribution in [0.2, 0.25) is 0 Å². The highest BCUT2D eigenvalue weighted by atomic mass is 79.9. The smallest absolute Gasteiger partial charge is 0.239 e. The molecule has 0 radical (unpaired) electrons. The number of hydrogen-bond donors (Lipinski definition) is 1. The van der Waals surface area contributed by atoms with Crippen LogP contribution in [-0.4, -0.2) is 39.9 Å². The van der Waals surface area contributed by atoms with Gasteiger partial charge in [0.05, 0.1) is 10.9 Å². The van der Waals surface area contributed by atoms with Crippen LogP contribution in [0.25, 0.3) is 0 Å². The number of aliphatic hydroxyl groups excluding tert-OH is 1. The van der Waals surface area contributed by atoms with Crippen molar-refractivity contribution in [3.05, 3.63) is 12.7 Å². The lowest BCUT2D eigenvalue weighted by atomic mass is 10.2. The lowest BCUT2D eigenvalue weighted by Crippen LogP contribution is -2.43. The van der Waals surface area contributed by atoms with Crippen molar-refractivity contribution in [3.8, 4) is 0 Å². The maximum atomic E-state index is 11.7. The van der Waals surface area contributed by atoms with Crippen molar-refractivity contribution in [1.29, 1.82) is 0 Å². The molecular weight excluding hydrogens is 234 g/mol. The van der Waals surface area contributed by atoms with Crippen molar-refractivity contribution in [2.45, 2.75) is 18.2 Å². The van der Waals surface area contributed by atoms with Crippen molar-refractivity contribution in [1.82, 2.24) is 4.90 Å². The summed E-state index contributed by atoms with van der Waals surface area (Å²) in [4.78, 5) is 13.2. The molecule has 0 spiro atoms. The standard InChI is InChI=1S/C9H16BrNO2/c1-4-5-11(6-7-12)8(13)9(2,3)10/h4,12H,1,5-7H2,2-3H3. The number of alkyl halides is 1. The Hall–Kier alpha value is -0.350. The molecule has 0 unspecified atom stereocenters. The molecule has 0 aromatic rings. The van der Waals surface area contributed by atoms with Gasteiger partial charge in [-0.05, 0) is 13.8 Å². The summed E-state index contributed by atoms with van der Waals surface area (Å²) in [5.74, 6) is -0.0403. The Kier molecular flexibility index (Phi) is 5.25. The summed E-state index contributed by atoms with van der Waals surface area (Å²) in [6, 6.07) is 0. The molecule has 0 saturated heterocycles. The molecule has 0 atom stereocenters. The number of carbonyl (C=O) groups is 1. The molecule has 1 N–H and O–H groups in total. The quantitative estimate of drug-likeness (QED) is 0.587. The summed E-state index contributed by atoms with van der Waals surface area (Å²) in [7, 11) is 0. The molecular formula is C9H16BrNO2. The molecule has 0 aromatic carbocycles. The van der Waals surface area contributed by atoms with Gasteiger partial charge in [-0.1, -0.05) is 22.0 Å². The second-order valence-electron chi connectivity index (χ2n) is 3.24. The van der Waals surface area contributed by atoms with Crippen LogP contribution in [0.4, 0.5) is 0 Å². The summed E-state index contributed by atoms with van der Waals surface area (Å²) in [6.07, 6.45) is 1.65. The number of nitrogens with zero attached hydrogens (tertiary/aromatic N) is 1. The molecule has 13 heavy (non-hydrogen) atoms. The SMILES string of the molecule is C=CCN(CCO)C(=O)C(C)(C)Br. The second kappa shape index (κ2) is 5.40. The van der Waals surface area contributed by atoms with Crippen molar-refractivity contribution in [2.24, 2.45) is 0 Å². The predicted octanol–water partition coefficient (Wildman–Crippen LogP) is 1.17. The van der Waals surface area contributed by atoms with Gasteiger partial charge in [-0.25, -0.2) is 0 Å². The number of rotatable bonds is 5. The zero-order valence-corrected chi connectivity index (χ0v) is 9.67. The Labute approximate surface area is 87.6 Å². The third-order valence-electron chi connectivity index (χ3n) is 1.52. The first kappa shape index (κ1) is 12.7. The average Bonchev–Trinajstić information content (AvgIpc) is 2.01. The minimum Gasteiger partial charge on any atom is -0.395 e. The van der Waals surface area contributed by atoms with Crippen LogP contribution in [0.1, 0.15) is 13.8 Å². The normalized spacial score (nSPS) is 11.1. The van der Waals surface area contributed by atoms with Gasteiger partial charge in [-0.2, -0.15) is 0 Å². The largest absolute Gasteiger partial charge is 0.395 e. The van der Waals surface area contributed by atoms with Gasteiger partial charge >= 0.3 is 0 Å². The van der Waals surface area contributed by atoms with E-state index >= 15 is 0 Å². The number of hydrogen-bond acceptors (Lipinski definition) is 2. The van der Waals surface area contributed by atoms with Crippen LogP contribution in [0.3, 0.4) is 0 Å². The third kappa shape index (κ3) is 4.43. The molecule has 0 aliphatic rings. The highest BCUT2D eigenvalue weighted by Gasteiger charge is 2.27. The molecule has 0 aliphatic heterocycles. The monoisotopic (exact) mass is 249 g/mol. The molecule has 0 aromatic heterocycles. The second-order valence-corrected chi connectivity index (χ2v) is 5.22. The van der Waals surface area contributed by atoms with Crippen LogP contribution >= 0.6 is 15.9 Å². The third-order valence-corrected chi connectivity index (χ3v) is 1.85. The lowest BCUT2D eigenvalue weighted by molar-refractivity contribution is -0.132. The first-order valence-electron chi connectivity index (χ1n) is 4.13. The number of halogens is 1. The first-order valence-corrected chi connectivity index (χ1v) is 4.92. The number of aliphatic hydroxyl groups is 1. The topological polar surface area (TPSA) is 40.5 Å². The van der Waals surface area contributed by atoms with E-state index in [9.17, 15) is 4.79 Å². The van der Waals surface area contributed by atoms with E-state index in [1.165, 1.54) is 0 Å². The van der Waals surface area contributed by atoms with E-state index in [1.54, 1.807) is 24.8 Å². The zero-order chi connectivity index (χ0) is 10.5. The van der Waals surface area contributed by atoms with Gasteiger partial charge in [0.25, 0.3) is 0 Å². The minimum atomic E-state index is -0.578. The van der Waals surface area contributed by atoms with Crippen LogP contribution in [0.5, 0.6) is 0 Å². The van der Waals surface area contributed by atoms with E-state index in [0.717, 1.165) is 0 Å². The Morgan fingerprint density at radius 1 is 1.69 bits per heavy atom. The molecule has 0 rings (SSSR count). The van der Waals surface area contributed by atoms with Gasteiger partial charge in [0.15, 0.2) is 0 Å². The van der Waals surface area contributed by atoms with Crippen molar-refractivity contribution in [2.75, 3.05) is 19.7 Å². The molecule has 4 heteroatoms. The van der Waals surface area contributed by atoms with Crippen molar-refractivity contribution >= 4 is 21.8 Å². The molecule has 1 amide bonds. The Balaban J connectivity index is 4.36. The van der Waals surface area contributed by atoms with E-state index in [0.29, 0.717) is 13.1 Å². The zero-order valence-electron chi connectivity index (χ0n) is 8.09. The van der Waals surface area contributed by atoms with Gasteiger partial charge in [-0.15, -0.1) is 6.58 Å². The molecule has 3 nitrogen and oxygen atoms in total. The molecule has 0 heterocycles. The fourth-order valence-electron chi connectivity index (χ4n) is 0.928. The van der Waals surface area contributed by atoms with Gasteiger partial charge in [-0.3, -0.25) is 4.79 Å². The fourth-order valence-corrected chi connectivity index (χ4v) is 1.18. The summed E-state index contributed by atoms with van der Waals surface area (Å²) in [5.41, 5.74) is 0. The number of carbonyl (C=O) groups excluding carboxylic acids is 1. The predicted molar refractivity (Wildman–Crippen MR) is 56.9 cm³/mol. The highest BCUT2D eigenvalue weighted by Crippen LogP contribution is 2.18. The molecule has 0 bridgehead atoms. The summed E-state index contributed by atoms with van der Waals surface area (Å²) < 4.78 is -0.578. The van der Waals surface area contributed by atoms with E-state index in [1.807, 2.05) is 0 Å². The van der Waals surface area contributed by atoms with E-state index < -0.39 is 4.32 Å². The molecule has 0 aliphatic carbocycles. The minimum absolute atomic E-state index is 0.0251. The van der Waals surface area contributed by atoms with Crippen molar-refractivity contribution in [3.63, 3.8) is 0 Å². The maximum Gasteiger partial charge on any atom is 0.239 e. The van der Waals surface area contributed by atoms with E-state index in [4.69, 9.17) is 5.11 Å². The van der Waals surface area contributed by atoms with Crippen LogP contribution < -0.4 is 0 Å². The molecule has 0 saturated carbocycles. The Morgan fingerprint density at radius 3 is 2.54 bits per heavy atom. The lowest BCUT2D eigenvalue weighted by Gasteiger charge is -2.26. The van der Waals surface area contributed by atoms with Gasteiger partial charge in [0, 0.05) is 13.1 Å². The van der Waals surface area contributed by atoms with Gasteiger partial charge < -0.3 is 10.0 Å². The number of amides is 1. The van der Waals surface area contributed by atoms with Crippen LogP contribution in [-0.2, 0) is 4.79 Å². The maximum absolute atomic E-state index is 11.7. The summed E-state index contributed by atoms with van der Waals surface area (Å²) >= 11 is 3.28. The van der Waals surface area contributed by atoms with E-state index in [2.05, 4.69) is 22.5 Å². The van der Waals surface area contributed by atoms with Crippen LogP contribution in [0, 0.1) is 0 Å². The van der Waals surface area contributed by atoms with Gasteiger partial charge in [0.1, 0.15) is 0 Å². The summed E-state index contributed by atoms with van der Waals surface area (Å²) in [5, 5.41) is 8.73. The Morgan fingerprint density at radius 2 is 2.23 bits per heavy atom.